The van der Waals surface area contributed by atoms with E-state index in [4.69, 9.17) is 0 Å². The van der Waals surface area contributed by atoms with E-state index in [1.165, 1.54) is 35.6 Å². The second kappa shape index (κ2) is 6.62. The number of carbonyl (C=O) groups excluding carboxylic acids is 1. The first-order chi connectivity index (χ1) is 10.5. The summed E-state index contributed by atoms with van der Waals surface area (Å²) in [5, 5.41) is 2.50. The molecule has 0 aromatic heterocycles. The highest BCUT2D eigenvalue weighted by Gasteiger charge is 2.23. The zero-order chi connectivity index (χ0) is 16.2. The van der Waals surface area contributed by atoms with E-state index in [0.29, 0.717) is 17.8 Å². The van der Waals surface area contributed by atoms with Crippen LogP contribution in [0.15, 0.2) is 59.5 Å². The van der Waals surface area contributed by atoms with Gasteiger partial charge in [0.25, 0.3) is 15.9 Å². The maximum absolute atomic E-state index is 12.7. The van der Waals surface area contributed by atoms with Crippen LogP contribution < -0.4 is 9.62 Å². The summed E-state index contributed by atoms with van der Waals surface area (Å²) in [7, 11) is -2.12. The first kappa shape index (κ1) is 16.0. The van der Waals surface area contributed by atoms with Gasteiger partial charge in [0.05, 0.1) is 10.6 Å². The zero-order valence-electron chi connectivity index (χ0n) is 12.5. The number of nitrogens with zero attached hydrogens (tertiary/aromatic N) is 1. The molecule has 2 rings (SSSR count). The third-order valence-corrected chi connectivity index (χ3v) is 5.18. The summed E-state index contributed by atoms with van der Waals surface area (Å²) in [6.07, 6.45) is 0. The van der Waals surface area contributed by atoms with Crippen LogP contribution >= 0.6 is 0 Å². The summed E-state index contributed by atoms with van der Waals surface area (Å²) in [5.74, 6) is -0.251. The minimum atomic E-state index is -3.65. The van der Waals surface area contributed by atoms with E-state index in [1.54, 1.807) is 31.2 Å². The molecule has 0 fully saturated rings. The van der Waals surface area contributed by atoms with Gasteiger partial charge in [-0.1, -0.05) is 18.2 Å². The third kappa shape index (κ3) is 3.12. The molecule has 0 unspecified atom stereocenters. The molecule has 1 N–H and O–H groups in total. The van der Waals surface area contributed by atoms with Gasteiger partial charge >= 0.3 is 0 Å². The van der Waals surface area contributed by atoms with Crippen molar-refractivity contribution in [1.29, 1.82) is 0 Å². The zero-order valence-corrected chi connectivity index (χ0v) is 13.3. The molecule has 2 aromatic carbocycles. The number of rotatable bonds is 5. The van der Waals surface area contributed by atoms with Crippen LogP contribution in [-0.4, -0.2) is 27.9 Å². The van der Waals surface area contributed by atoms with Crippen LogP contribution in [0.2, 0.25) is 0 Å². The summed E-state index contributed by atoms with van der Waals surface area (Å²) in [4.78, 5) is 11.7. The molecule has 0 aliphatic rings. The molecule has 0 radical (unpaired) electrons. The van der Waals surface area contributed by atoms with Crippen LogP contribution in [0.4, 0.5) is 5.69 Å². The fourth-order valence-electron chi connectivity index (χ4n) is 2.14. The number of nitrogens with one attached hydrogen (secondary N) is 1. The number of amides is 1. The Labute approximate surface area is 130 Å². The Morgan fingerprint density at radius 3 is 2.14 bits per heavy atom. The Hall–Kier alpha value is -2.34. The van der Waals surface area contributed by atoms with Crippen molar-refractivity contribution in [3.8, 4) is 0 Å². The molecule has 6 heteroatoms. The van der Waals surface area contributed by atoms with Crippen LogP contribution in [0.1, 0.15) is 17.3 Å². The van der Waals surface area contributed by atoms with E-state index in [2.05, 4.69) is 5.32 Å². The van der Waals surface area contributed by atoms with E-state index < -0.39 is 10.0 Å². The standard InChI is InChI=1S/C16H18N2O3S/c1-3-18(14-7-5-4-6-8-14)22(20,21)15-11-9-13(10-12-15)16(19)17-2/h4-12H,3H2,1-2H3,(H,17,19). The molecule has 0 heterocycles. The number of benzene rings is 2. The lowest BCUT2D eigenvalue weighted by Gasteiger charge is -2.22. The third-order valence-electron chi connectivity index (χ3n) is 3.26. The molecular weight excluding hydrogens is 300 g/mol. The number of carbonyl (C=O) groups is 1. The van der Waals surface area contributed by atoms with Crippen molar-refractivity contribution in [1.82, 2.24) is 5.32 Å². The van der Waals surface area contributed by atoms with Crippen molar-refractivity contribution in [3.63, 3.8) is 0 Å². The Morgan fingerprint density at radius 1 is 1.05 bits per heavy atom. The Balaban J connectivity index is 2.39. The number of sulfonamides is 1. The molecule has 2 aromatic rings. The normalized spacial score (nSPS) is 11.0. The molecule has 0 aliphatic heterocycles. The topological polar surface area (TPSA) is 66.5 Å². The largest absolute Gasteiger partial charge is 0.355 e. The van der Waals surface area contributed by atoms with Gasteiger partial charge in [-0.15, -0.1) is 0 Å². The number of hydrogen-bond donors (Lipinski definition) is 1. The Bertz CT molecular complexity index is 741. The second-order valence-corrected chi connectivity index (χ2v) is 6.47. The average Bonchev–Trinajstić information content (AvgIpc) is 2.55. The number of para-hydroxylation sites is 1. The van der Waals surface area contributed by atoms with Crippen LogP contribution in [0.3, 0.4) is 0 Å². The van der Waals surface area contributed by atoms with Gasteiger partial charge in [0, 0.05) is 19.2 Å². The highest BCUT2D eigenvalue weighted by molar-refractivity contribution is 7.92. The van der Waals surface area contributed by atoms with E-state index in [-0.39, 0.29) is 10.8 Å². The van der Waals surface area contributed by atoms with Gasteiger partial charge in [-0.05, 0) is 43.3 Å². The Kier molecular flexibility index (Phi) is 4.82. The van der Waals surface area contributed by atoms with Gasteiger partial charge in [0.2, 0.25) is 0 Å². The van der Waals surface area contributed by atoms with Crippen molar-refractivity contribution in [2.45, 2.75) is 11.8 Å². The predicted molar refractivity (Wildman–Crippen MR) is 86.5 cm³/mol. The summed E-state index contributed by atoms with van der Waals surface area (Å²) < 4.78 is 26.8. The lowest BCUT2D eigenvalue weighted by atomic mass is 10.2. The molecule has 116 valence electrons. The predicted octanol–water partition coefficient (Wildman–Crippen LogP) is 2.26. The molecule has 22 heavy (non-hydrogen) atoms. The first-order valence-corrected chi connectivity index (χ1v) is 8.34. The van der Waals surface area contributed by atoms with E-state index in [0.717, 1.165) is 0 Å². The van der Waals surface area contributed by atoms with Crippen LogP contribution in [0.5, 0.6) is 0 Å². The maximum Gasteiger partial charge on any atom is 0.264 e. The highest BCUT2D eigenvalue weighted by Crippen LogP contribution is 2.23. The molecule has 1 amide bonds. The smallest absolute Gasteiger partial charge is 0.264 e. The van der Waals surface area contributed by atoms with Crippen molar-refractivity contribution in [2.75, 3.05) is 17.9 Å². The summed E-state index contributed by atoms with van der Waals surface area (Å²) in [5.41, 5.74) is 1.03. The van der Waals surface area contributed by atoms with Crippen LogP contribution in [0.25, 0.3) is 0 Å². The van der Waals surface area contributed by atoms with Gasteiger partial charge in [0.1, 0.15) is 0 Å². The van der Waals surface area contributed by atoms with Crippen LogP contribution in [0, 0.1) is 0 Å². The fourth-order valence-corrected chi connectivity index (χ4v) is 3.61. The van der Waals surface area contributed by atoms with E-state index in [1.807, 2.05) is 6.07 Å². The molecule has 0 bridgehead atoms. The number of anilines is 1. The molecule has 5 nitrogen and oxygen atoms in total. The highest BCUT2D eigenvalue weighted by atomic mass is 32.2. The summed E-state index contributed by atoms with van der Waals surface area (Å²) in [6, 6.07) is 14.8. The fraction of sp³-hybridized carbons (Fsp3) is 0.188. The first-order valence-electron chi connectivity index (χ1n) is 6.90. The van der Waals surface area contributed by atoms with Gasteiger partial charge in [-0.3, -0.25) is 9.10 Å². The molecule has 0 saturated carbocycles. The average molecular weight is 318 g/mol. The SMILES string of the molecule is CCN(c1ccccc1)S(=O)(=O)c1ccc(C(=O)NC)cc1. The number of hydrogen-bond acceptors (Lipinski definition) is 3. The summed E-state index contributed by atoms with van der Waals surface area (Å²) in [6.45, 7) is 2.10. The van der Waals surface area contributed by atoms with Crippen molar-refractivity contribution in [2.24, 2.45) is 0 Å². The Morgan fingerprint density at radius 2 is 1.64 bits per heavy atom. The minimum absolute atomic E-state index is 0.158. The monoisotopic (exact) mass is 318 g/mol. The molecule has 0 aliphatic carbocycles. The molecule has 0 saturated heterocycles. The maximum atomic E-state index is 12.7. The van der Waals surface area contributed by atoms with Gasteiger partial charge < -0.3 is 5.32 Å². The van der Waals surface area contributed by atoms with Crippen molar-refractivity contribution >= 4 is 21.6 Å². The quantitative estimate of drug-likeness (QED) is 0.919. The lowest BCUT2D eigenvalue weighted by molar-refractivity contribution is 0.0963. The molecule has 0 atom stereocenters. The van der Waals surface area contributed by atoms with E-state index in [9.17, 15) is 13.2 Å². The van der Waals surface area contributed by atoms with E-state index >= 15 is 0 Å². The van der Waals surface area contributed by atoms with Crippen molar-refractivity contribution < 1.29 is 13.2 Å². The minimum Gasteiger partial charge on any atom is -0.355 e. The van der Waals surface area contributed by atoms with Gasteiger partial charge in [0.15, 0.2) is 0 Å². The van der Waals surface area contributed by atoms with Gasteiger partial charge in [-0.25, -0.2) is 8.42 Å². The summed E-state index contributed by atoms with van der Waals surface area (Å²) >= 11 is 0. The van der Waals surface area contributed by atoms with Gasteiger partial charge in [-0.2, -0.15) is 0 Å². The lowest BCUT2D eigenvalue weighted by Crippen LogP contribution is -2.30. The van der Waals surface area contributed by atoms with Crippen LogP contribution in [-0.2, 0) is 10.0 Å². The second-order valence-electron chi connectivity index (χ2n) is 4.61. The van der Waals surface area contributed by atoms with Crippen molar-refractivity contribution in [3.05, 3.63) is 60.2 Å². The molecular formula is C16H18N2O3S. The molecule has 0 spiro atoms.